The van der Waals surface area contributed by atoms with Crippen LogP contribution in [-0.4, -0.2) is 56.1 Å². The van der Waals surface area contributed by atoms with Crippen molar-refractivity contribution in [2.75, 3.05) is 46.3 Å². The highest BCUT2D eigenvalue weighted by molar-refractivity contribution is 9.10. The van der Waals surface area contributed by atoms with Gasteiger partial charge in [0.2, 0.25) is 0 Å². The summed E-state index contributed by atoms with van der Waals surface area (Å²) >= 11 is 11.5. The molecule has 2 heterocycles. The van der Waals surface area contributed by atoms with E-state index in [-0.39, 0.29) is 12.4 Å². The maximum atomic E-state index is 6.07. The Morgan fingerprint density at radius 1 is 1.03 bits per heavy atom. The molecule has 3 aromatic rings. The largest absolute Gasteiger partial charge is 0.304 e. The van der Waals surface area contributed by atoms with Crippen LogP contribution < -0.4 is 5.36 Å². The van der Waals surface area contributed by atoms with Crippen molar-refractivity contribution in [2.24, 2.45) is 4.99 Å². The van der Waals surface area contributed by atoms with Crippen molar-refractivity contribution in [1.82, 2.24) is 9.80 Å². The van der Waals surface area contributed by atoms with E-state index in [9.17, 15) is 0 Å². The maximum Gasteiger partial charge on any atom is 0.0675 e. The van der Waals surface area contributed by atoms with E-state index in [4.69, 9.17) is 16.6 Å². The van der Waals surface area contributed by atoms with Crippen molar-refractivity contribution >= 4 is 61.4 Å². The van der Waals surface area contributed by atoms with Crippen LogP contribution in [0.2, 0.25) is 5.02 Å². The molecule has 3 nitrogen and oxygen atoms in total. The standard InChI is InChI=1S/C23H25BrClN3S.ClH/c1-27-11-13-28(14-12-27)10-2-9-26-21-16-23(17-3-6-19(25)7-4-17)29-22-8-5-18(24)15-20(21)22;/h3-8,15-16H,2,9-14H2,1H3;1H. The Balaban J connectivity index is 0.00000256. The van der Waals surface area contributed by atoms with E-state index in [2.05, 4.69) is 69.2 Å². The fourth-order valence-electron chi connectivity index (χ4n) is 3.59. The summed E-state index contributed by atoms with van der Waals surface area (Å²) in [6.07, 6.45) is 1.09. The second-order valence-electron chi connectivity index (χ2n) is 7.52. The molecule has 0 saturated carbocycles. The van der Waals surface area contributed by atoms with Gasteiger partial charge in [0.05, 0.1) is 5.36 Å². The summed E-state index contributed by atoms with van der Waals surface area (Å²) in [6, 6.07) is 16.7. The van der Waals surface area contributed by atoms with Crippen molar-refractivity contribution in [1.29, 1.82) is 0 Å². The molecule has 0 bridgehead atoms. The van der Waals surface area contributed by atoms with Crippen LogP contribution in [0.4, 0.5) is 0 Å². The highest BCUT2D eigenvalue weighted by Gasteiger charge is 2.12. The third-order valence-electron chi connectivity index (χ3n) is 5.34. The van der Waals surface area contributed by atoms with Crippen molar-refractivity contribution in [3.63, 3.8) is 0 Å². The molecule has 1 fully saturated rings. The number of hydrogen-bond donors (Lipinski definition) is 0. The summed E-state index contributed by atoms with van der Waals surface area (Å²) in [4.78, 5) is 11.2. The monoisotopic (exact) mass is 525 g/mol. The van der Waals surface area contributed by atoms with Gasteiger partial charge in [-0.25, -0.2) is 0 Å². The highest BCUT2D eigenvalue weighted by Crippen LogP contribution is 2.30. The van der Waals surface area contributed by atoms with Gasteiger partial charge in [-0.05, 0) is 62.0 Å². The van der Waals surface area contributed by atoms with E-state index < -0.39 is 0 Å². The summed E-state index contributed by atoms with van der Waals surface area (Å²) < 4.78 is 2.34. The topological polar surface area (TPSA) is 18.8 Å². The Kier molecular flexibility index (Phi) is 8.75. The minimum Gasteiger partial charge on any atom is -0.304 e. The lowest BCUT2D eigenvalue weighted by Crippen LogP contribution is -2.44. The zero-order valence-corrected chi connectivity index (χ0v) is 21.0. The highest BCUT2D eigenvalue weighted by atomic mass is 79.9. The molecule has 30 heavy (non-hydrogen) atoms. The minimum absolute atomic E-state index is 0. The number of hydrogen-bond acceptors (Lipinski definition) is 4. The lowest BCUT2D eigenvalue weighted by Gasteiger charge is -2.32. The van der Waals surface area contributed by atoms with Gasteiger partial charge in [0.15, 0.2) is 0 Å². The molecular weight excluding hydrogens is 501 g/mol. The Morgan fingerprint density at radius 2 is 1.77 bits per heavy atom. The summed E-state index contributed by atoms with van der Waals surface area (Å²) in [7, 11) is 2.20. The van der Waals surface area contributed by atoms with Crippen LogP contribution in [0.25, 0.3) is 20.5 Å². The number of nitrogens with zero attached hydrogens (tertiary/aromatic N) is 3. The smallest absolute Gasteiger partial charge is 0.0675 e. The fraction of sp³-hybridized carbons (Fsp3) is 0.348. The first kappa shape index (κ1) is 23.7. The Labute approximate surface area is 201 Å². The van der Waals surface area contributed by atoms with Gasteiger partial charge in [0.1, 0.15) is 0 Å². The molecule has 160 valence electrons. The molecular formula is C23H26BrCl2N3S. The number of likely N-dealkylation sites (N-methyl/N-ethyl adjacent to an activating group) is 1. The van der Waals surface area contributed by atoms with Crippen LogP contribution in [0.15, 0.2) is 58.0 Å². The second-order valence-corrected chi connectivity index (χ2v) is 9.96. The van der Waals surface area contributed by atoms with Gasteiger partial charge >= 0.3 is 0 Å². The molecule has 0 aliphatic carbocycles. The van der Waals surface area contributed by atoms with Crippen LogP contribution in [0.1, 0.15) is 6.42 Å². The van der Waals surface area contributed by atoms with Gasteiger partial charge in [-0.3, -0.25) is 4.99 Å². The molecule has 0 spiro atoms. The molecule has 0 N–H and O–H groups in total. The van der Waals surface area contributed by atoms with Crippen molar-refractivity contribution in [3.8, 4) is 10.4 Å². The summed E-state index contributed by atoms with van der Waals surface area (Å²) in [6.45, 7) is 6.64. The average Bonchev–Trinajstić information content (AvgIpc) is 2.73. The number of halogens is 3. The van der Waals surface area contributed by atoms with Crippen LogP contribution in [0, 0.1) is 0 Å². The summed E-state index contributed by atoms with van der Waals surface area (Å²) in [5, 5.41) is 3.04. The normalized spacial score (nSPS) is 16.0. The van der Waals surface area contributed by atoms with Crippen LogP contribution in [0.5, 0.6) is 0 Å². The number of piperazine rings is 1. The third kappa shape index (κ3) is 6.06. The Bertz CT molecular complexity index is 1040. The van der Waals surface area contributed by atoms with Crippen molar-refractivity contribution < 1.29 is 0 Å². The van der Waals surface area contributed by atoms with Gasteiger partial charge in [-0.2, -0.15) is 0 Å². The molecule has 0 unspecified atom stereocenters. The second kappa shape index (κ2) is 11.1. The molecule has 4 rings (SSSR count). The molecule has 1 aliphatic heterocycles. The van der Waals surface area contributed by atoms with E-state index in [1.807, 2.05) is 12.1 Å². The molecule has 2 aromatic carbocycles. The lowest BCUT2D eigenvalue weighted by molar-refractivity contribution is 0.153. The zero-order valence-electron chi connectivity index (χ0n) is 17.0. The molecule has 0 amide bonds. The number of benzene rings is 2. The predicted octanol–water partition coefficient (Wildman–Crippen LogP) is 5.94. The minimum atomic E-state index is 0. The van der Waals surface area contributed by atoms with Gasteiger partial charge in [0.25, 0.3) is 0 Å². The van der Waals surface area contributed by atoms with Crippen LogP contribution >= 0.6 is 51.3 Å². The predicted molar refractivity (Wildman–Crippen MR) is 136 cm³/mol. The Hall–Kier alpha value is -0.950. The first-order valence-corrected chi connectivity index (χ1v) is 12.0. The number of fused-ring (bicyclic) bond motifs is 1. The molecule has 1 saturated heterocycles. The molecule has 1 aliphatic rings. The first-order valence-electron chi connectivity index (χ1n) is 9.99. The summed E-state index contributed by atoms with van der Waals surface area (Å²) in [5.74, 6) is 0. The SMILES string of the molecule is CN1CCN(CCCN=c2cc(-c3ccc(Cl)cc3)sc3ccc(Br)cc23)CC1.Cl. The van der Waals surface area contributed by atoms with E-state index >= 15 is 0 Å². The quantitative estimate of drug-likeness (QED) is 0.383. The maximum absolute atomic E-state index is 6.07. The zero-order chi connectivity index (χ0) is 20.2. The van der Waals surface area contributed by atoms with Gasteiger partial charge < -0.3 is 9.80 Å². The lowest BCUT2D eigenvalue weighted by atomic mass is 10.1. The summed E-state index contributed by atoms with van der Waals surface area (Å²) in [5.41, 5.74) is 1.18. The van der Waals surface area contributed by atoms with Crippen molar-refractivity contribution in [2.45, 2.75) is 6.42 Å². The van der Waals surface area contributed by atoms with Gasteiger partial charge in [-0.1, -0.05) is 39.7 Å². The van der Waals surface area contributed by atoms with E-state index in [1.165, 1.54) is 46.7 Å². The molecule has 7 heteroatoms. The average molecular weight is 527 g/mol. The molecule has 1 aromatic heterocycles. The number of rotatable bonds is 5. The van der Waals surface area contributed by atoms with E-state index in [0.717, 1.165) is 34.4 Å². The van der Waals surface area contributed by atoms with E-state index in [1.54, 1.807) is 11.3 Å². The van der Waals surface area contributed by atoms with Crippen LogP contribution in [-0.2, 0) is 0 Å². The Morgan fingerprint density at radius 3 is 2.50 bits per heavy atom. The fourth-order valence-corrected chi connectivity index (χ4v) is 5.15. The van der Waals surface area contributed by atoms with Crippen LogP contribution in [0.3, 0.4) is 0 Å². The van der Waals surface area contributed by atoms with E-state index in [0.29, 0.717) is 0 Å². The first-order chi connectivity index (χ1) is 14.1. The van der Waals surface area contributed by atoms with Gasteiger partial charge in [0, 0.05) is 57.2 Å². The molecule has 0 radical (unpaired) electrons. The molecule has 0 atom stereocenters. The third-order valence-corrected chi connectivity index (χ3v) is 7.24. The van der Waals surface area contributed by atoms with Crippen molar-refractivity contribution in [3.05, 3.63) is 63.4 Å². The van der Waals surface area contributed by atoms with Gasteiger partial charge in [-0.15, -0.1) is 23.7 Å².